The number of piperidine rings is 1. The molecule has 0 aliphatic carbocycles. The smallest absolute Gasteiger partial charge is 0.410 e. The molecule has 1 saturated heterocycles. The minimum absolute atomic E-state index is 0.227. The van der Waals surface area contributed by atoms with Gasteiger partial charge in [-0.15, -0.1) is 0 Å². The van der Waals surface area contributed by atoms with Crippen LogP contribution in [0.15, 0.2) is 49.1 Å². The van der Waals surface area contributed by atoms with Gasteiger partial charge in [-0.2, -0.15) is 0 Å². The van der Waals surface area contributed by atoms with Gasteiger partial charge in [0.1, 0.15) is 11.2 Å². The lowest BCUT2D eigenvalue weighted by Gasteiger charge is -2.32. The topological polar surface area (TPSA) is 76.0 Å². The van der Waals surface area contributed by atoms with Crippen molar-refractivity contribution >= 4 is 28.0 Å². The van der Waals surface area contributed by atoms with Crippen molar-refractivity contribution in [2.75, 3.05) is 13.1 Å². The number of amides is 1. The molecule has 1 aromatic carbocycles. The largest absolute Gasteiger partial charge is 0.444 e. The van der Waals surface area contributed by atoms with Crippen molar-refractivity contribution in [1.82, 2.24) is 24.4 Å². The van der Waals surface area contributed by atoms with Crippen molar-refractivity contribution in [3.63, 3.8) is 0 Å². The molecule has 0 atom stereocenters. The van der Waals surface area contributed by atoms with Crippen LogP contribution >= 0.6 is 0 Å². The second-order valence-electron chi connectivity index (χ2n) is 9.17. The number of carbonyl (C=O) groups is 1. The third kappa shape index (κ3) is 3.76. The summed E-state index contributed by atoms with van der Waals surface area (Å²) < 4.78 is 7.59. The number of para-hydroxylation sites is 1. The van der Waals surface area contributed by atoms with E-state index in [0.717, 1.165) is 46.2 Å². The highest BCUT2D eigenvalue weighted by molar-refractivity contribution is 6.09. The van der Waals surface area contributed by atoms with Crippen LogP contribution in [-0.2, 0) is 4.74 Å². The first kappa shape index (κ1) is 19.6. The third-order valence-electron chi connectivity index (χ3n) is 5.82. The van der Waals surface area contributed by atoms with Crippen molar-refractivity contribution in [3.8, 4) is 5.69 Å². The Hall–Kier alpha value is -3.35. The molecule has 7 nitrogen and oxygen atoms in total. The van der Waals surface area contributed by atoms with Gasteiger partial charge in [0.15, 0.2) is 0 Å². The standard InChI is InChI=1S/C24H27N5O2/c1-24(2,3)31-23(30)28-12-9-16(10-13-28)19-14-29(15-26-19)20-8-11-25-22-21(20)17-6-4-5-7-18(17)27-22/h4-8,11,14-16H,9-10,12-13H2,1-3H3,(H,25,27). The van der Waals surface area contributed by atoms with Crippen molar-refractivity contribution in [1.29, 1.82) is 0 Å². The summed E-state index contributed by atoms with van der Waals surface area (Å²) in [5.41, 5.74) is 3.61. The summed E-state index contributed by atoms with van der Waals surface area (Å²) in [6, 6.07) is 10.3. The number of hydrogen-bond acceptors (Lipinski definition) is 4. The van der Waals surface area contributed by atoms with Crippen LogP contribution in [-0.4, -0.2) is 49.2 Å². The number of nitrogens with one attached hydrogen (secondary N) is 1. The van der Waals surface area contributed by atoms with E-state index in [1.54, 1.807) is 4.90 Å². The lowest BCUT2D eigenvalue weighted by Crippen LogP contribution is -2.41. The Balaban J connectivity index is 1.37. The molecule has 0 unspecified atom stereocenters. The Labute approximate surface area is 181 Å². The SMILES string of the molecule is CC(C)(C)OC(=O)N1CCC(c2cn(-c3ccnc4[nH]c5ccccc5c34)cn2)CC1. The molecular formula is C24H27N5O2. The summed E-state index contributed by atoms with van der Waals surface area (Å²) in [6.07, 6.45) is 7.36. The first-order valence-corrected chi connectivity index (χ1v) is 10.8. The molecule has 4 heterocycles. The highest BCUT2D eigenvalue weighted by Crippen LogP contribution is 2.32. The van der Waals surface area contributed by atoms with E-state index in [1.165, 1.54) is 0 Å². The zero-order chi connectivity index (χ0) is 21.6. The highest BCUT2D eigenvalue weighted by atomic mass is 16.6. The quantitative estimate of drug-likeness (QED) is 0.497. The molecule has 0 saturated carbocycles. The maximum atomic E-state index is 12.3. The van der Waals surface area contributed by atoms with E-state index in [1.807, 2.05) is 51.5 Å². The minimum atomic E-state index is -0.467. The summed E-state index contributed by atoms with van der Waals surface area (Å²) in [4.78, 5) is 26.8. The molecule has 1 aliphatic heterocycles. The second-order valence-corrected chi connectivity index (χ2v) is 9.17. The highest BCUT2D eigenvalue weighted by Gasteiger charge is 2.28. The number of likely N-dealkylation sites (tertiary alicyclic amines) is 1. The molecule has 0 bridgehead atoms. The van der Waals surface area contributed by atoms with Crippen LogP contribution in [0.25, 0.3) is 27.6 Å². The van der Waals surface area contributed by atoms with Crippen LogP contribution in [0, 0.1) is 0 Å². The molecule has 0 radical (unpaired) electrons. The number of imidazole rings is 1. The molecule has 160 valence electrons. The number of aromatic amines is 1. The molecule has 1 amide bonds. The van der Waals surface area contributed by atoms with E-state index in [9.17, 15) is 4.79 Å². The van der Waals surface area contributed by atoms with E-state index in [0.29, 0.717) is 19.0 Å². The molecule has 0 spiro atoms. The number of pyridine rings is 1. The Bertz CT molecular complexity index is 1240. The summed E-state index contributed by atoms with van der Waals surface area (Å²) >= 11 is 0. The summed E-state index contributed by atoms with van der Waals surface area (Å²) in [6.45, 7) is 7.07. The summed E-state index contributed by atoms with van der Waals surface area (Å²) in [5, 5.41) is 2.25. The number of benzene rings is 1. The van der Waals surface area contributed by atoms with Gasteiger partial charge in [-0.05, 0) is 45.7 Å². The molecule has 31 heavy (non-hydrogen) atoms. The van der Waals surface area contributed by atoms with Crippen LogP contribution in [0.1, 0.15) is 45.2 Å². The van der Waals surface area contributed by atoms with Crippen LogP contribution in [0.5, 0.6) is 0 Å². The van der Waals surface area contributed by atoms with Gasteiger partial charge < -0.3 is 19.2 Å². The number of carbonyl (C=O) groups excluding carboxylic acids is 1. The molecule has 4 aromatic rings. The lowest BCUT2D eigenvalue weighted by molar-refractivity contribution is 0.0204. The third-order valence-corrected chi connectivity index (χ3v) is 5.82. The first-order chi connectivity index (χ1) is 14.9. The summed E-state index contributed by atoms with van der Waals surface area (Å²) in [7, 11) is 0. The number of hydrogen-bond donors (Lipinski definition) is 1. The molecule has 1 fully saturated rings. The fraction of sp³-hybridized carbons (Fsp3) is 0.375. The monoisotopic (exact) mass is 417 g/mol. The van der Waals surface area contributed by atoms with Gasteiger partial charge in [-0.1, -0.05) is 18.2 Å². The van der Waals surface area contributed by atoms with Gasteiger partial charge in [-0.25, -0.2) is 14.8 Å². The second kappa shape index (κ2) is 7.41. The fourth-order valence-corrected chi connectivity index (χ4v) is 4.33. The van der Waals surface area contributed by atoms with Crippen molar-refractivity contribution in [2.45, 2.75) is 45.1 Å². The molecular weight excluding hydrogens is 390 g/mol. The van der Waals surface area contributed by atoms with Gasteiger partial charge in [-0.3, -0.25) is 0 Å². The zero-order valence-corrected chi connectivity index (χ0v) is 18.1. The van der Waals surface area contributed by atoms with Crippen molar-refractivity contribution in [3.05, 3.63) is 54.7 Å². The fourth-order valence-electron chi connectivity index (χ4n) is 4.33. The van der Waals surface area contributed by atoms with Crippen LogP contribution in [0.4, 0.5) is 4.79 Å². The zero-order valence-electron chi connectivity index (χ0n) is 18.1. The maximum Gasteiger partial charge on any atom is 0.410 e. The Morgan fingerprint density at radius 1 is 1.13 bits per heavy atom. The average molecular weight is 418 g/mol. The molecule has 1 aliphatic rings. The molecule has 3 aromatic heterocycles. The van der Waals surface area contributed by atoms with Crippen molar-refractivity contribution in [2.24, 2.45) is 0 Å². The van der Waals surface area contributed by atoms with Crippen LogP contribution in [0.2, 0.25) is 0 Å². The van der Waals surface area contributed by atoms with Gasteiger partial charge in [0.25, 0.3) is 0 Å². The predicted octanol–water partition coefficient (Wildman–Crippen LogP) is 5.02. The average Bonchev–Trinajstić information content (AvgIpc) is 3.37. The molecule has 5 rings (SSSR count). The number of H-pyrrole nitrogens is 1. The van der Waals surface area contributed by atoms with Crippen LogP contribution < -0.4 is 0 Å². The number of nitrogens with zero attached hydrogens (tertiary/aromatic N) is 4. The van der Waals surface area contributed by atoms with Gasteiger partial charge >= 0.3 is 6.09 Å². The number of rotatable bonds is 2. The van der Waals surface area contributed by atoms with E-state index >= 15 is 0 Å². The van der Waals surface area contributed by atoms with E-state index in [2.05, 4.69) is 32.9 Å². The van der Waals surface area contributed by atoms with Crippen LogP contribution in [0.3, 0.4) is 0 Å². The number of ether oxygens (including phenoxy) is 1. The molecule has 1 N–H and O–H groups in total. The maximum absolute atomic E-state index is 12.3. The van der Waals surface area contributed by atoms with E-state index in [4.69, 9.17) is 9.72 Å². The lowest BCUT2D eigenvalue weighted by atomic mass is 9.94. The van der Waals surface area contributed by atoms with Gasteiger partial charge in [0, 0.05) is 42.3 Å². The van der Waals surface area contributed by atoms with E-state index < -0.39 is 5.60 Å². The number of fused-ring (bicyclic) bond motifs is 3. The minimum Gasteiger partial charge on any atom is -0.444 e. The Morgan fingerprint density at radius 2 is 1.90 bits per heavy atom. The van der Waals surface area contributed by atoms with E-state index in [-0.39, 0.29) is 6.09 Å². The Kier molecular flexibility index (Phi) is 4.68. The van der Waals surface area contributed by atoms with Gasteiger partial charge in [0.2, 0.25) is 0 Å². The van der Waals surface area contributed by atoms with Gasteiger partial charge in [0.05, 0.1) is 23.1 Å². The molecule has 7 heteroatoms. The normalized spacial score (nSPS) is 15.6. The van der Waals surface area contributed by atoms with Crippen molar-refractivity contribution < 1.29 is 9.53 Å². The first-order valence-electron chi connectivity index (χ1n) is 10.8. The summed E-state index contributed by atoms with van der Waals surface area (Å²) in [5.74, 6) is 0.334. The predicted molar refractivity (Wildman–Crippen MR) is 121 cm³/mol. The number of aromatic nitrogens is 4. The Morgan fingerprint density at radius 3 is 2.68 bits per heavy atom.